The van der Waals surface area contributed by atoms with Crippen LogP contribution in [0.25, 0.3) is 22.2 Å². The molecule has 0 spiro atoms. The Balaban J connectivity index is 1.90. The predicted molar refractivity (Wildman–Crippen MR) is 107 cm³/mol. The van der Waals surface area contributed by atoms with Gasteiger partial charge in [-0.2, -0.15) is 0 Å². The number of nitrogens with zero attached hydrogens (tertiary/aromatic N) is 1. The Morgan fingerprint density at radius 3 is 2.63 bits per heavy atom. The molecule has 0 fully saturated rings. The summed E-state index contributed by atoms with van der Waals surface area (Å²) in [6.45, 7) is 3.98. The van der Waals surface area contributed by atoms with Crippen molar-refractivity contribution in [3.05, 3.63) is 59.7 Å². The molecule has 5 heteroatoms. The number of hydrogen-bond donors (Lipinski definition) is 2. The van der Waals surface area contributed by atoms with Crippen LogP contribution in [0.15, 0.2) is 48.5 Å². The number of carbonyl (C=O) groups is 1. The lowest BCUT2D eigenvalue weighted by Crippen LogP contribution is -2.33. The lowest BCUT2D eigenvalue weighted by atomic mass is 10.0. The van der Waals surface area contributed by atoms with Gasteiger partial charge in [0.05, 0.1) is 12.8 Å². The van der Waals surface area contributed by atoms with Crippen LogP contribution in [0.5, 0.6) is 5.75 Å². The Labute approximate surface area is 159 Å². The number of benzene rings is 2. The number of nitrogens with one attached hydrogen (secondary N) is 1. The Kier molecular flexibility index (Phi) is 5.72. The highest BCUT2D eigenvalue weighted by Crippen LogP contribution is 2.30. The fourth-order valence-electron chi connectivity index (χ4n) is 3.07. The van der Waals surface area contributed by atoms with Gasteiger partial charge >= 0.3 is 0 Å². The molecule has 3 aromatic rings. The number of carbonyl (C=O) groups excluding carboxylic acids is 1. The van der Waals surface area contributed by atoms with Gasteiger partial charge in [0.15, 0.2) is 0 Å². The Morgan fingerprint density at radius 2 is 1.96 bits per heavy atom. The highest BCUT2D eigenvalue weighted by Gasteiger charge is 2.12. The standard InChI is InChI=1S/C22H24N2O3/c1-14-13-19(24-21-18(14)5-4-6-20(21)27-3)16-7-9-17(10-8-16)22(26)23-15(2)11-12-25/h4-10,13,15,25H,11-12H2,1-3H3,(H,23,26). The van der Waals surface area contributed by atoms with Crippen LogP contribution in [0.4, 0.5) is 0 Å². The second-order valence-electron chi connectivity index (χ2n) is 6.64. The summed E-state index contributed by atoms with van der Waals surface area (Å²) in [5.74, 6) is 0.595. The summed E-state index contributed by atoms with van der Waals surface area (Å²) < 4.78 is 5.45. The van der Waals surface area contributed by atoms with Crippen molar-refractivity contribution in [2.45, 2.75) is 26.3 Å². The van der Waals surface area contributed by atoms with Crippen molar-refractivity contribution in [2.75, 3.05) is 13.7 Å². The third-order valence-electron chi connectivity index (χ3n) is 4.61. The van der Waals surface area contributed by atoms with Gasteiger partial charge in [0, 0.05) is 29.2 Å². The number of aliphatic hydroxyl groups excluding tert-OH is 1. The van der Waals surface area contributed by atoms with Gasteiger partial charge in [-0.15, -0.1) is 0 Å². The van der Waals surface area contributed by atoms with E-state index < -0.39 is 0 Å². The summed E-state index contributed by atoms with van der Waals surface area (Å²) in [6, 6.07) is 15.2. The molecule has 2 N–H and O–H groups in total. The first-order valence-corrected chi connectivity index (χ1v) is 9.00. The number of rotatable bonds is 6. The fourth-order valence-corrected chi connectivity index (χ4v) is 3.07. The van der Waals surface area contributed by atoms with E-state index in [1.807, 2.05) is 43.3 Å². The van der Waals surface area contributed by atoms with Crippen LogP contribution >= 0.6 is 0 Å². The quantitative estimate of drug-likeness (QED) is 0.699. The summed E-state index contributed by atoms with van der Waals surface area (Å²) >= 11 is 0. The zero-order chi connectivity index (χ0) is 19.4. The first kappa shape index (κ1) is 18.9. The average Bonchev–Trinajstić information content (AvgIpc) is 2.67. The van der Waals surface area contributed by atoms with E-state index in [2.05, 4.69) is 12.2 Å². The van der Waals surface area contributed by atoms with Crippen molar-refractivity contribution < 1.29 is 14.6 Å². The Morgan fingerprint density at radius 1 is 1.22 bits per heavy atom. The zero-order valence-electron chi connectivity index (χ0n) is 15.8. The van der Waals surface area contributed by atoms with Gasteiger partial charge in [-0.05, 0) is 50.1 Å². The highest BCUT2D eigenvalue weighted by atomic mass is 16.5. The Bertz CT molecular complexity index is 952. The maximum atomic E-state index is 12.3. The minimum Gasteiger partial charge on any atom is -0.494 e. The fraction of sp³-hybridized carbons (Fsp3) is 0.273. The molecular formula is C22H24N2O3. The van der Waals surface area contributed by atoms with Crippen molar-refractivity contribution in [3.8, 4) is 17.0 Å². The van der Waals surface area contributed by atoms with Gasteiger partial charge in [0.2, 0.25) is 0 Å². The molecule has 1 amide bonds. The first-order chi connectivity index (χ1) is 13.0. The highest BCUT2D eigenvalue weighted by molar-refractivity contribution is 5.95. The van der Waals surface area contributed by atoms with Crippen LogP contribution in [0.3, 0.4) is 0 Å². The van der Waals surface area contributed by atoms with Crippen LogP contribution in [0.2, 0.25) is 0 Å². The summed E-state index contributed by atoms with van der Waals surface area (Å²) in [5, 5.41) is 12.9. The second kappa shape index (κ2) is 8.18. The number of aliphatic hydroxyl groups is 1. The van der Waals surface area contributed by atoms with Crippen LogP contribution in [0.1, 0.15) is 29.3 Å². The van der Waals surface area contributed by atoms with E-state index in [4.69, 9.17) is 14.8 Å². The van der Waals surface area contributed by atoms with Crippen LogP contribution in [-0.2, 0) is 0 Å². The molecular weight excluding hydrogens is 340 g/mol. The summed E-state index contributed by atoms with van der Waals surface area (Å²) in [4.78, 5) is 17.0. The predicted octanol–water partition coefficient (Wildman–Crippen LogP) is 3.72. The molecule has 27 heavy (non-hydrogen) atoms. The monoisotopic (exact) mass is 364 g/mol. The molecule has 0 aliphatic heterocycles. The third-order valence-corrected chi connectivity index (χ3v) is 4.61. The molecule has 0 saturated heterocycles. The van der Waals surface area contributed by atoms with E-state index in [1.54, 1.807) is 19.2 Å². The molecule has 2 aromatic carbocycles. The number of pyridine rings is 1. The van der Waals surface area contributed by atoms with E-state index in [-0.39, 0.29) is 18.6 Å². The number of aryl methyl sites for hydroxylation is 1. The van der Waals surface area contributed by atoms with Gasteiger partial charge in [-0.25, -0.2) is 4.98 Å². The maximum absolute atomic E-state index is 12.3. The van der Waals surface area contributed by atoms with Crippen molar-refractivity contribution >= 4 is 16.8 Å². The molecule has 0 saturated carbocycles. The number of methoxy groups -OCH3 is 1. The lowest BCUT2D eigenvalue weighted by molar-refractivity contribution is 0.0934. The van der Waals surface area contributed by atoms with Gasteiger partial charge in [-0.3, -0.25) is 4.79 Å². The molecule has 140 valence electrons. The minimum atomic E-state index is -0.146. The van der Waals surface area contributed by atoms with E-state index in [0.717, 1.165) is 33.5 Å². The van der Waals surface area contributed by atoms with Crippen molar-refractivity contribution in [3.63, 3.8) is 0 Å². The molecule has 0 radical (unpaired) electrons. The van der Waals surface area contributed by atoms with Crippen LogP contribution in [-0.4, -0.2) is 35.8 Å². The third kappa shape index (κ3) is 4.09. The van der Waals surface area contributed by atoms with E-state index in [1.165, 1.54) is 0 Å². The Hall–Kier alpha value is -2.92. The maximum Gasteiger partial charge on any atom is 0.251 e. The van der Waals surface area contributed by atoms with E-state index in [9.17, 15) is 4.79 Å². The topological polar surface area (TPSA) is 71.5 Å². The number of ether oxygens (including phenoxy) is 1. The number of amides is 1. The van der Waals surface area contributed by atoms with Gasteiger partial charge in [0.25, 0.3) is 5.91 Å². The zero-order valence-corrected chi connectivity index (χ0v) is 15.8. The summed E-state index contributed by atoms with van der Waals surface area (Å²) in [5.41, 5.74) is 4.30. The smallest absolute Gasteiger partial charge is 0.251 e. The average molecular weight is 364 g/mol. The summed E-state index contributed by atoms with van der Waals surface area (Å²) in [7, 11) is 1.64. The second-order valence-corrected chi connectivity index (χ2v) is 6.64. The van der Waals surface area contributed by atoms with Crippen molar-refractivity contribution in [1.29, 1.82) is 0 Å². The molecule has 1 heterocycles. The first-order valence-electron chi connectivity index (χ1n) is 9.00. The van der Waals surface area contributed by atoms with Crippen LogP contribution < -0.4 is 10.1 Å². The lowest BCUT2D eigenvalue weighted by Gasteiger charge is -2.13. The van der Waals surface area contributed by atoms with Crippen molar-refractivity contribution in [2.24, 2.45) is 0 Å². The molecule has 1 unspecified atom stereocenters. The molecule has 5 nitrogen and oxygen atoms in total. The van der Waals surface area contributed by atoms with Gasteiger partial charge in [0.1, 0.15) is 11.3 Å². The number of hydrogen-bond acceptors (Lipinski definition) is 4. The number of fused-ring (bicyclic) bond motifs is 1. The summed E-state index contributed by atoms with van der Waals surface area (Å²) in [6.07, 6.45) is 0.534. The van der Waals surface area contributed by atoms with Crippen molar-refractivity contribution in [1.82, 2.24) is 10.3 Å². The van der Waals surface area contributed by atoms with E-state index in [0.29, 0.717) is 12.0 Å². The minimum absolute atomic E-state index is 0.0524. The van der Waals surface area contributed by atoms with Crippen LogP contribution in [0, 0.1) is 6.92 Å². The number of para-hydroxylation sites is 1. The van der Waals surface area contributed by atoms with E-state index >= 15 is 0 Å². The molecule has 0 aliphatic carbocycles. The van der Waals surface area contributed by atoms with Gasteiger partial charge < -0.3 is 15.2 Å². The molecule has 1 atom stereocenters. The normalized spacial score (nSPS) is 12.0. The SMILES string of the molecule is COc1cccc2c(C)cc(-c3ccc(C(=O)NC(C)CCO)cc3)nc12. The molecule has 1 aromatic heterocycles. The number of aromatic nitrogens is 1. The molecule has 0 aliphatic rings. The largest absolute Gasteiger partial charge is 0.494 e. The van der Waals surface area contributed by atoms with Gasteiger partial charge in [-0.1, -0.05) is 24.3 Å². The molecule has 3 rings (SSSR count). The molecule has 0 bridgehead atoms.